The predicted molar refractivity (Wildman–Crippen MR) is 79.1 cm³/mol. The van der Waals surface area contributed by atoms with Crippen molar-refractivity contribution in [3.05, 3.63) is 23.8 Å². The van der Waals surface area contributed by atoms with Crippen LogP contribution >= 0.6 is 12.4 Å². The first-order valence-electron chi connectivity index (χ1n) is 6.48. The Kier molecular flexibility index (Phi) is 4.25. The highest BCUT2D eigenvalue weighted by atomic mass is 35.5. The number of rotatable bonds is 1. The fourth-order valence-electron chi connectivity index (χ4n) is 2.48. The molecule has 1 saturated heterocycles. The number of aryl methyl sites for hydroxylation is 1. The Labute approximate surface area is 123 Å². The molecule has 1 aliphatic heterocycles. The van der Waals surface area contributed by atoms with Crippen molar-refractivity contribution < 1.29 is 4.79 Å². The topological polar surface area (TPSA) is 63.1 Å². The van der Waals surface area contributed by atoms with E-state index in [1.54, 1.807) is 4.68 Å². The third-order valence-electron chi connectivity index (χ3n) is 3.62. The summed E-state index contributed by atoms with van der Waals surface area (Å²) in [5, 5.41) is 11.3. The summed E-state index contributed by atoms with van der Waals surface area (Å²) in [6, 6.07) is 5.79. The van der Waals surface area contributed by atoms with Gasteiger partial charge < -0.3 is 10.2 Å². The number of aromatic nitrogens is 3. The summed E-state index contributed by atoms with van der Waals surface area (Å²) in [5.74, 6) is 0.0709. The van der Waals surface area contributed by atoms with Crippen LogP contribution in [0.3, 0.4) is 0 Å². The van der Waals surface area contributed by atoms with E-state index in [0.29, 0.717) is 5.56 Å². The van der Waals surface area contributed by atoms with Gasteiger partial charge in [-0.3, -0.25) is 4.79 Å². The number of hydrogen-bond acceptors (Lipinski definition) is 4. The molecule has 1 fully saturated rings. The Bertz CT molecular complexity index is 626. The zero-order valence-electron chi connectivity index (χ0n) is 11.5. The monoisotopic (exact) mass is 295 g/mol. The Hall–Kier alpha value is -1.66. The van der Waals surface area contributed by atoms with Gasteiger partial charge >= 0.3 is 0 Å². The van der Waals surface area contributed by atoms with Gasteiger partial charge in [0.25, 0.3) is 5.91 Å². The van der Waals surface area contributed by atoms with Crippen LogP contribution in [0.5, 0.6) is 0 Å². The van der Waals surface area contributed by atoms with Crippen LogP contribution in [-0.2, 0) is 7.05 Å². The summed E-state index contributed by atoms with van der Waals surface area (Å²) in [4.78, 5) is 14.4. The number of nitrogens with one attached hydrogen (secondary N) is 1. The number of piperazine rings is 1. The van der Waals surface area contributed by atoms with E-state index in [2.05, 4.69) is 22.6 Å². The van der Waals surface area contributed by atoms with Crippen molar-refractivity contribution in [1.29, 1.82) is 0 Å². The Morgan fingerprint density at radius 3 is 3.00 bits per heavy atom. The van der Waals surface area contributed by atoms with Crippen molar-refractivity contribution in [1.82, 2.24) is 25.2 Å². The average molecular weight is 296 g/mol. The molecule has 7 heteroatoms. The van der Waals surface area contributed by atoms with E-state index in [9.17, 15) is 4.79 Å². The largest absolute Gasteiger partial charge is 0.333 e. The van der Waals surface area contributed by atoms with Crippen LogP contribution in [-0.4, -0.2) is 51.5 Å². The molecule has 0 saturated carbocycles. The summed E-state index contributed by atoms with van der Waals surface area (Å²) in [6.07, 6.45) is 0. The van der Waals surface area contributed by atoms with Gasteiger partial charge in [0, 0.05) is 38.3 Å². The molecule has 20 heavy (non-hydrogen) atoms. The zero-order valence-corrected chi connectivity index (χ0v) is 12.4. The van der Waals surface area contributed by atoms with Gasteiger partial charge in [-0.25, -0.2) is 4.68 Å². The molecule has 1 amide bonds. The van der Waals surface area contributed by atoms with Gasteiger partial charge in [0.1, 0.15) is 5.52 Å². The molecule has 2 heterocycles. The lowest BCUT2D eigenvalue weighted by atomic mass is 10.1. The van der Waals surface area contributed by atoms with Crippen LogP contribution in [0.15, 0.2) is 18.2 Å². The Morgan fingerprint density at radius 2 is 2.25 bits per heavy atom. The molecule has 0 bridgehead atoms. The maximum Gasteiger partial charge on any atom is 0.254 e. The smallest absolute Gasteiger partial charge is 0.254 e. The maximum absolute atomic E-state index is 12.5. The number of nitrogens with zero attached hydrogens (tertiary/aromatic N) is 4. The van der Waals surface area contributed by atoms with Gasteiger partial charge in [-0.2, -0.15) is 0 Å². The summed E-state index contributed by atoms with van der Waals surface area (Å²) >= 11 is 0. The molecule has 1 aromatic heterocycles. The molecule has 0 aliphatic carbocycles. The zero-order chi connectivity index (χ0) is 13.4. The first-order valence-corrected chi connectivity index (χ1v) is 6.48. The minimum absolute atomic E-state index is 0. The number of fused-ring (bicyclic) bond motifs is 1. The summed E-state index contributed by atoms with van der Waals surface area (Å²) < 4.78 is 1.71. The lowest BCUT2D eigenvalue weighted by Gasteiger charge is -2.34. The molecular formula is C13H18ClN5O. The van der Waals surface area contributed by atoms with Crippen molar-refractivity contribution in [2.75, 3.05) is 19.6 Å². The van der Waals surface area contributed by atoms with E-state index in [1.807, 2.05) is 30.1 Å². The van der Waals surface area contributed by atoms with E-state index in [1.165, 1.54) is 0 Å². The lowest BCUT2D eigenvalue weighted by Crippen LogP contribution is -2.52. The SMILES string of the molecule is CC1CNCCN1C(=O)c1ccc2c(c1)nnn2C.Cl. The lowest BCUT2D eigenvalue weighted by molar-refractivity contribution is 0.0656. The minimum atomic E-state index is 0. The van der Waals surface area contributed by atoms with Crippen molar-refractivity contribution in [2.45, 2.75) is 13.0 Å². The second-order valence-corrected chi connectivity index (χ2v) is 4.97. The van der Waals surface area contributed by atoms with Gasteiger partial charge in [-0.15, -0.1) is 17.5 Å². The number of hydrogen-bond donors (Lipinski definition) is 1. The van der Waals surface area contributed by atoms with Crippen molar-refractivity contribution >= 4 is 29.3 Å². The van der Waals surface area contributed by atoms with E-state index in [-0.39, 0.29) is 24.4 Å². The minimum Gasteiger partial charge on any atom is -0.333 e. The van der Waals surface area contributed by atoms with Crippen LogP contribution in [0.1, 0.15) is 17.3 Å². The molecule has 1 aromatic carbocycles. The van der Waals surface area contributed by atoms with Crippen molar-refractivity contribution in [2.24, 2.45) is 7.05 Å². The molecule has 6 nitrogen and oxygen atoms in total. The van der Waals surface area contributed by atoms with Gasteiger partial charge in [0.15, 0.2) is 0 Å². The normalized spacial score (nSPS) is 18.9. The van der Waals surface area contributed by atoms with Crippen LogP contribution in [0.25, 0.3) is 11.0 Å². The molecular weight excluding hydrogens is 278 g/mol. The average Bonchev–Trinajstić information content (AvgIpc) is 2.80. The number of carbonyl (C=O) groups is 1. The van der Waals surface area contributed by atoms with Crippen molar-refractivity contribution in [3.63, 3.8) is 0 Å². The molecule has 0 radical (unpaired) electrons. The van der Waals surface area contributed by atoms with Crippen LogP contribution in [0, 0.1) is 0 Å². The fourth-order valence-corrected chi connectivity index (χ4v) is 2.48. The van der Waals surface area contributed by atoms with E-state index in [4.69, 9.17) is 0 Å². The van der Waals surface area contributed by atoms with Crippen molar-refractivity contribution in [3.8, 4) is 0 Å². The molecule has 0 spiro atoms. The molecule has 2 aromatic rings. The molecule has 108 valence electrons. The Morgan fingerprint density at radius 1 is 1.45 bits per heavy atom. The number of amides is 1. The molecule has 3 rings (SSSR count). The Balaban J connectivity index is 0.00000147. The third kappa shape index (κ3) is 2.48. The van der Waals surface area contributed by atoms with E-state index < -0.39 is 0 Å². The van der Waals surface area contributed by atoms with E-state index in [0.717, 1.165) is 30.7 Å². The summed E-state index contributed by atoms with van der Waals surface area (Å²) in [5.41, 5.74) is 2.38. The molecule has 1 atom stereocenters. The summed E-state index contributed by atoms with van der Waals surface area (Å²) in [7, 11) is 1.84. The first kappa shape index (κ1) is 14.7. The third-order valence-corrected chi connectivity index (χ3v) is 3.62. The molecule has 1 N–H and O–H groups in total. The van der Waals surface area contributed by atoms with Gasteiger partial charge in [0.05, 0.1) is 5.52 Å². The maximum atomic E-state index is 12.5. The van der Waals surface area contributed by atoms with Gasteiger partial charge in [0.2, 0.25) is 0 Å². The number of benzene rings is 1. The second kappa shape index (κ2) is 5.76. The molecule has 1 aliphatic rings. The quantitative estimate of drug-likeness (QED) is 0.846. The predicted octanol–water partition coefficient (Wildman–Crippen LogP) is 0.824. The first-order chi connectivity index (χ1) is 9.16. The van der Waals surface area contributed by atoms with E-state index >= 15 is 0 Å². The van der Waals surface area contributed by atoms with Gasteiger partial charge in [-0.05, 0) is 25.1 Å². The number of carbonyl (C=O) groups excluding carboxylic acids is 1. The van der Waals surface area contributed by atoms with Gasteiger partial charge in [-0.1, -0.05) is 5.21 Å². The fraction of sp³-hybridized carbons (Fsp3) is 0.462. The summed E-state index contributed by atoms with van der Waals surface area (Å²) in [6.45, 7) is 4.51. The highest BCUT2D eigenvalue weighted by molar-refractivity contribution is 5.97. The van der Waals surface area contributed by atoms with Crippen LogP contribution in [0.4, 0.5) is 0 Å². The van der Waals surface area contributed by atoms with Crippen LogP contribution in [0.2, 0.25) is 0 Å². The highest BCUT2D eigenvalue weighted by Crippen LogP contribution is 2.16. The van der Waals surface area contributed by atoms with Crippen LogP contribution < -0.4 is 5.32 Å². The standard InChI is InChI=1S/C13H17N5O.ClH/c1-9-8-14-5-6-18(9)13(19)10-3-4-12-11(7-10)15-16-17(12)2;/h3-4,7,9,14H,5-6,8H2,1-2H3;1H. The second-order valence-electron chi connectivity index (χ2n) is 4.97. The number of halogens is 1. The molecule has 1 unspecified atom stereocenters. The highest BCUT2D eigenvalue weighted by Gasteiger charge is 2.24.